The van der Waals surface area contributed by atoms with Gasteiger partial charge in [-0.15, -0.1) is 0 Å². The number of hydrogen-bond donors (Lipinski definition) is 2. The molecule has 0 fully saturated rings. The zero-order valence-electron chi connectivity index (χ0n) is 7.90. The number of aliphatic hydroxyl groups is 2. The fourth-order valence-corrected chi connectivity index (χ4v) is 1.29. The predicted octanol–water partition coefficient (Wildman–Crippen LogP) is 1.32. The van der Waals surface area contributed by atoms with Crippen molar-refractivity contribution in [2.75, 3.05) is 13.2 Å². The Hall–Kier alpha value is -0.860. The van der Waals surface area contributed by atoms with E-state index >= 15 is 0 Å². The number of aliphatic hydroxyl groups excluding tert-OH is 2. The van der Waals surface area contributed by atoms with Crippen LogP contribution in [0.15, 0.2) is 24.3 Å². The van der Waals surface area contributed by atoms with Gasteiger partial charge in [-0.2, -0.15) is 0 Å². The second kappa shape index (κ2) is 5.00. The summed E-state index contributed by atoms with van der Waals surface area (Å²) in [6.07, 6.45) is 1.02. The van der Waals surface area contributed by atoms with Crippen molar-refractivity contribution < 1.29 is 10.2 Å². The van der Waals surface area contributed by atoms with Gasteiger partial charge in [0.05, 0.1) is 13.2 Å². The first-order chi connectivity index (χ1) is 6.31. The van der Waals surface area contributed by atoms with Crippen LogP contribution in [0, 0.1) is 0 Å². The Morgan fingerprint density at radius 1 is 1.08 bits per heavy atom. The summed E-state index contributed by atoms with van der Waals surface area (Å²) in [5.74, 6) is -0.133. The van der Waals surface area contributed by atoms with E-state index < -0.39 is 0 Å². The maximum Gasteiger partial charge on any atom is 0.0521 e. The molecule has 0 aliphatic carbocycles. The van der Waals surface area contributed by atoms with Gasteiger partial charge in [0, 0.05) is 5.92 Å². The van der Waals surface area contributed by atoms with Crippen LogP contribution in [-0.4, -0.2) is 23.4 Å². The van der Waals surface area contributed by atoms with E-state index in [2.05, 4.69) is 6.92 Å². The zero-order valence-corrected chi connectivity index (χ0v) is 7.90. The van der Waals surface area contributed by atoms with Gasteiger partial charge in [0.2, 0.25) is 0 Å². The Morgan fingerprint density at radius 3 is 2.00 bits per heavy atom. The van der Waals surface area contributed by atoms with Crippen molar-refractivity contribution >= 4 is 0 Å². The van der Waals surface area contributed by atoms with Crippen LogP contribution < -0.4 is 0 Å². The van der Waals surface area contributed by atoms with Crippen molar-refractivity contribution in [1.82, 2.24) is 0 Å². The molecule has 1 aromatic rings. The highest BCUT2D eigenvalue weighted by molar-refractivity contribution is 5.25. The molecule has 2 heteroatoms. The molecule has 0 atom stereocenters. The zero-order chi connectivity index (χ0) is 9.68. The van der Waals surface area contributed by atoms with Crippen LogP contribution in [0.25, 0.3) is 0 Å². The molecule has 0 saturated heterocycles. The van der Waals surface area contributed by atoms with Crippen LogP contribution in [0.5, 0.6) is 0 Å². The molecule has 1 rings (SSSR count). The van der Waals surface area contributed by atoms with Crippen molar-refractivity contribution in [3.63, 3.8) is 0 Å². The third-order valence-electron chi connectivity index (χ3n) is 2.30. The van der Waals surface area contributed by atoms with Crippen LogP contribution >= 0.6 is 0 Å². The number of rotatable bonds is 4. The average Bonchev–Trinajstić information content (AvgIpc) is 2.21. The average molecular weight is 180 g/mol. The largest absolute Gasteiger partial charge is 0.396 e. The summed E-state index contributed by atoms with van der Waals surface area (Å²) in [5.41, 5.74) is 2.28. The molecule has 2 N–H and O–H groups in total. The van der Waals surface area contributed by atoms with Gasteiger partial charge in [0.1, 0.15) is 0 Å². The standard InChI is InChI=1S/C11H16O2/c1-2-9-3-5-10(6-4-9)11(7-12)8-13/h3-6,11-13H,2,7-8H2,1H3. The fraction of sp³-hybridized carbons (Fsp3) is 0.455. The van der Waals surface area contributed by atoms with Crippen molar-refractivity contribution in [3.8, 4) is 0 Å². The predicted molar refractivity (Wildman–Crippen MR) is 52.7 cm³/mol. The van der Waals surface area contributed by atoms with Gasteiger partial charge in [-0.3, -0.25) is 0 Å². The Kier molecular flexibility index (Phi) is 3.93. The highest BCUT2D eigenvalue weighted by atomic mass is 16.3. The van der Waals surface area contributed by atoms with Gasteiger partial charge in [0.25, 0.3) is 0 Å². The first-order valence-corrected chi connectivity index (χ1v) is 4.62. The molecule has 0 aromatic heterocycles. The first-order valence-electron chi connectivity index (χ1n) is 4.62. The Morgan fingerprint density at radius 2 is 1.62 bits per heavy atom. The minimum absolute atomic E-state index is 0.00196. The monoisotopic (exact) mass is 180 g/mol. The number of benzene rings is 1. The van der Waals surface area contributed by atoms with Gasteiger partial charge >= 0.3 is 0 Å². The molecule has 0 unspecified atom stereocenters. The summed E-state index contributed by atoms with van der Waals surface area (Å²) in [7, 11) is 0. The molecule has 2 nitrogen and oxygen atoms in total. The molecule has 0 aliphatic rings. The topological polar surface area (TPSA) is 40.5 Å². The van der Waals surface area contributed by atoms with E-state index in [0.29, 0.717) is 0 Å². The van der Waals surface area contributed by atoms with Crippen LogP contribution in [0.2, 0.25) is 0 Å². The normalized spacial score (nSPS) is 10.8. The third-order valence-corrected chi connectivity index (χ3v) is 2.30. The van der Waals surface area contributed by atoms with Crippen molar-refractivity contribution in [2.24, 2.45) is 0 Å². The van der Waals surface area contributed by atoms with Gasteiger partial charge in [0.15, 0.2) is 0 Å². The second-order valence-corrected chi connectivity index (χ2v) is 3.16. The molecule has 0 bridgehead atoms. The third kappa shape index (κ3) is 2.54. The summed E-state index contributed by atoms with van der Waals surface area (Å²) < 4.78 is 0. The van der Waals surface area contributed by atoms with Crippen LogP contribution in [0.4, 0.5) is 0 Å². The van der Waals surface area contributed by atoms with Crippen LogP contribution in [0.3, 0.4) is 0 Å². The highest BCUT2D eigenvalue weighted by Crippen LogP contribution is 2.15. The molecule has 0 aliphatic heterocycles. The van der Waals surface area contributed by atoms with E-state index in [1.807, 2.05) is 24.3 Å². The summed E-state index contributed by atoms with van der Waals surface area (Å²) in [4.78, 5) is 0. The van der Waals surface area contributed by atoms with Crippen LogP contribution in [0.1, 0.15) is 24.0 Å². The molecule has 0 radical (unpaired) electrons. The smallest absolute Gasteiger partial charge is 0.0521 e. The van der Waals surface area contributed by atoms with E-state index in [4.69, 9.17) is 10.2 Å². The number of aryl methyl sites for hydroxylation is 1. The molecule has 0 amide bonds. The lowest BCUT2D eigenvalue weighted by Gasteiger charge is -2.11. The van der Waals surface area contributed by atoms with E-state index in [1.165, 1.54) is 5.56 Å². The fourth-order valence-electron chi connectivity index (χ4n) is 1.29. The Bertz CT molecular complexity index is 237. The van der Waals surface area contributed by atoms with E-state index in [1.54, 1.807) is 0 Å². The second-order valence-electron chi connectivity index (χ2n) is 3.16. The SMILES string of the molecule is CCc1ccc(C(CO)CO)cc1. The lowest BCUT2D eigenvalue weighted by molar-refractivity contribution is 0.192. The van der Waals surface area contributed by atoms with Crippen molar-refractivity contribution in [3.05, 3.63) is 35.4 Å². The minimum Gasteiger partial charge on any atom is -0.396 e. The van der Waals surface area contributed by atoms with E-state index in [-0.39, 0.29) is 19.1 Å². The molecule has 1 aromatic carbocycles. The Labute approximate surface area is 78.8 Å². The summed E-state index contributed by atoms with van der Waals surface area (Å²) in [6, 6.07) is 8.01. The van der Waals surface area contributed by atoms with Gasteiger partial charge < -0.3 is 10.2 Å². The number of hydrogen-bond acceptors (Lipinski definition) is 2. The lowest BCUT2D eigenvalue weighted by atomic mass is 9.99. The van der Waals surface area contributed by atoms with Crippen molar-refractivity contribution in [2.45, 2.75) is 19.3 Å². The molecule has 0 spiro atoms. The molecular formula is C11H16O2. The molecule has 72 valence electrons. The van der Waals surface area contributed by atoms with Gasteiger partial charge in [-0.1, -0.05) is 31.2 Å². The quantitative estimate of drug-likeness (QED) is 0.733. The molecule has 0 saturated carbocycles. The molecule has 13 heavy (non-hydrogen) atoms. The molecular weight excluding hydrogens is 164 g/mol. The summed E-state index contributed by atoms with van der Waals surface area (Å²) in [5, 5.41) is 17.9. The van der Waals surface area contributed by atoms with Gasteiger partial charge in [-0.25, -0.2) is 0 Å². The first kappa shape index (κ1) is 10.2. The highest BCUT2D eigenvalue weighted by Gasteiger charge is 2.07. The summed E-state index contributed by atoms with van der Waals surface area (Å²) in [6.45, 7) is 2.11. The summed E-state index contributed by atoms with van der Waals surface area (Å²) >= 11 is 0. The molecule has 0 heterocycles. The van der Waals surface area contributed by atoms with Gasteiger partial charge in [-0.05, 0) is 17.5 Å². The Balaban J connectivity index is 2.78. The maximum absolute atomic E-state index is 8.95. The van der Waals surface area contributed by atoms with E-state index in [0.717, 1.165) is 12.0 Å². The van der Waals surface area contributed by atoms with E-state index in [9.17, 15) is 0 Å². The minimum atomic E-state index is -0.133. The maximum atomic E-state index is 8.95. The lowest BCUT2D eigenvalue weighted by Crippen LogP contribution is -2.08. The van der Waals surface area contributed by atoms with Crippen LogP contribution in [-0.2, 0) is 6.42 Å². The van der Waals surface area contributed by atoms with Crippen molar-refractivity contribution in [1.29, 1.82) is 0 Å².